The van der Waals surface area contributed by atoms with E-state index in [1.807, 2.05) is 79.6 Å². The highest BCUT2D eigenvalue weighted by atomic mass is 32.1. The Morgan fingerprint density at radius 2 is 2.03 bits per heavy atom. The summed E-state index contributed by atoms with van der Waals surface area (Å²) in [6.45, 7) is 1.89. The molecule has 0 bridgehead atoms. The number of rotatable bonds is 6. The summed E-state index contributed by atoms with van der Waals surface area (Å²) in [5.41, 5.74) is 3.56. The number of ether oxygens (including phenoxy) is 1. The van der Waals surface area contributed by atoms with Crippen molar-refractivity contribution in [2.24, 2.45) is 14.1 Å². The second-order valence-electron chi connectivity index (χ2n) is 8.02. The van der Waals surface area contributed by atoms with E-state index in [0.717, 1.165) is 27.2 Å². The molecule has 0 saturated carbocycles. The van der Waals surface area contributed by atoms with E-state index in [9.17, 15) is 4.79 Å². The number of methoxy groups -OCH3 is 1. The van der Waals surface area contributed by atoms with Crippen LogP contribution in [0.5, 0.6) is 5.75 Å². The van der Waals surface area contributed by atoms with Gasteiger partial charge in [0, 0.05) is 26.5 Å². The fourth-order valence-corrected chi connectivity index (χ4v) is 4.84. The van der Waals surface area contributed by atoms with Crippen LogP contribution in [0.15, 0.2) is 60.2 Å². The number of nitrogens with zero attached hydrogens (tertiary/aromatic N) is 5. The molecule has 1 amide bonds. The standard InChI is InChI=1S/C25H24N6O2S/c1-15-21-18(14-19(20-9-6-12-34-20)27-23(21)31(3)29-15)25(32)28-22(24-26-10-11-30(24)2)16-7-5-8-17(13-16)33-4/h5-14,22H,1-4H3,(H,28,32). The number of nitrogens with one attached hydrogen (secondary N) is 1. The van der Waals surface area contributed by atoms with Crippen LogP contribution >= 0.6 is 11.3 Å². The number of thiophene rings is 1. The maximum atomic E-state index is 13.8. The van der Waals surface area contributed by atoms with E-state index in [0.29, 0.717) is 22.8 Å². The van der Waals surface area contributed by atoms with Gasteiger partial charge in [0.15, 0.2) is 5.65 Å². The molecule has 9 heteroatoms. The summed E-state index contributed by atoms with van der Waals surface area (Å²) in [5.74, 6) is 1.20. The molecule has 0 aliphatic carbocycles. The fourth-order valence-electron chi connectivity index (χ4n) is 4.16. The van der Waals surface area contributed by atoms with Crippen LogP contribution in [0, 0.1) is 6.92 Å². The zero-order valence-corrected chi connectivity index (χ0v) is 20.1. The van der Waals surface area contributed by atoms with Gasteiger partial charge < -0.3 is 14.6 Å². The van der Waals surface area contributed by atoms with Crippen LogP contribution in [-0.2, 0) is 14.1 Å². The average molecular weight is 473 g/mol. The molecule has 172 valence electrons. The first-order valence-corrected chi connectivity index (χ1v) is 11.6. The van der Waals surface area contributed by atoms with Crippen molar-refractivity contribution in [1.29, 1.82) is 0 Å². The smallest absolute Gasteiger partial charge is 0.253 e. The first kappa shape index (κ1) is 21.8. The van der Waals surface area contributed by atoms with Crippen LogP contribution < -0.4 is 10.1 Å². The minimum Gasteiger partial charge on any atom is -0.497 e. The normalized spacial score (nSPS) is 12.1. The minimum atomic E-state index is -0.479. The SMILES string of the molecule is COc1cccc(C(NC(=O)c2cc(-c3cccs3)nc3c2c(C)nn3C)c2nccn2C)c1. The molecule has 1 atom stereocenters. The second kappa shape index (κ2) is 8.75. The van der Waals surface area contributed by atoms with Gasteiger partial charge in [-0.25, -0.2) is 9.97 Å². The molecule has 1 unspecified atom stereocenters. The summed E-state index contributed by atoms with van der Waals surface area (Å²) in [4.78, 5) is 24.2. The Kier molecular flexibility index (Phi) is 5.62. The van der Waals surface area contributed by atoms with E-state index in [-0.39, 0.29) is 5.91 Å². The lowest BCUT2D eigenvalue weighted by atomic mass is 10.0. The van der Waals surface area contributed by atoms with Crippen LogP contribution in [0.1, 0.15) is 33.5 Å². The molecule has 5 rings (SSSR count). The maximum absolute atomic E-state index is 13.8. The van der Waals surface area contributed by atoms with E-state index in [1.54, 1.807) is 29.3 Å². The molecule has 34 heavy (non-hydrogen) atoms. The number of amides is 1. The van der Waals surface area contributed by atoms with Crippen LogP contribution in [0.2, 0.25) is 0 Å². The summed E-state index contributed by atoms with van der Waals surface area (Å²) < 4.78 is 9.04. The van der Waals surface area contributed by atoms with Gasteiger partial charge in [0.1, 0.15) is 17.6 Å². The third-order valence-corrected chi connectivity index (χ3v) is 6.70. The maximum Gasteiger partial charge on any atom is 0.253 e. The Morgan fingerprint density at radius 1 is 1.18 bits per heavy atom. The predicted molar refractivity (Wildman–Crippen MR) is 132 cm³/mol. The molecular weight excluding hydrogens is 448 g/mol. The van der Waals surface area contributed by atoms with Gasteiger partial charge >= 0.3 is 0 Å². The highest BCUT2D eigenvalue weighted by Gasteiger charge is 2.25. The van der Waals surface area contributed by atoms with Gasteiger partial charge in [-0.2, -0.15) is 5.10 Å². The van der Waals surface area contributed by atoms with Gasteiger partial charge in [0.2, 0.25) is 0 Å². The number of hydrogen-bond acceptors (Lipinski definition) is 6. The Balaban J connectivity index is 1.63. The Morgan fingerprint density at radius 3 is 2.74 bits per heavy atom. The molecule has 1 N–H and O–H groups in total. The van der Waals surface area contributed by atoms with E-state index >= 15 is 0 Å². The molecule has 4 aromatic heterocycles. The van der Waals surface area contributed by atoms with Crippen molar-refractivity contribution >= 4 is 28.3 Å². The molecule has 0 aliphatic heterocycles. The monoisotopic (exact) mass is 472 g/mol. The molecule has 8 nitrogen and oxygen atoms in total. The number of hydrogen-bond donors (Lipinski definition) is 1. The topological polar surface area (TPSA) is 86.9 Å². The van der Waals surface area contributed by atoms with E-state index in [4.69, 9.17) is 9.72 Å². The van der Waals surface area contributed by atoms with Crippen molar-refractivity contribution in [3.05, 3.63) is 82.9 Å². The summed E-state index contributed by atoms with van der Waals surface area (Å²) in [6, 6.07) is 13.0. The zero-order valence-electron chi connectivity index (χ0n) is 19.3. The Hall–Kier alpha value is -3.98. The summed E-state index contributed by atoms with van der Waals surface area (Å²) in [6.07, 6.45) is 3.58. The number of imidazole rings is 1. The van der Waals surface area contributed by atoms with Crippen LogP contribution in [0.3, 0.4) is 0 Å². The van der Waals surface area contributed by atoms with Gasteiger partial charge in [-0.05, 0) is 42.1 Å². The van der Waals surface area contributed by atoms with Crippen LogP contribution in [-0.4, -0.2) is 37.3 Å². The van der Waals surface area contributed by atoms with Gasteiger partial charge in [-0.1, -0.05) is 18.2 Å². The van der Waals surface area contributed by atoms with E-state index < -0.39 is 6.04 Å². The molecule has 0 radical (unpaired) electrons. The lowest BCUT2D eigenvalue weighted by Crippen LogP contribution is -2.31. The van der Waals surface area contributed by atoms with Gasteiger partial charge in [0.25, 0.3) is 5.91 Å². The van der Waals surface area contributed by atoms with Gasteiger partial charge in [0.05, 0.1) is 34.3 Å². The molecule has 5 aromatic rings. The number of pyridine rings is 1. The molecule has 1 aromatic carbocycles. The van der Waals surface area contributed by atoms with Gasteiger partial charge in [-0.3, -0.25) is 9.48 Å². The van der Waals surface area contributed by atoms with Crippen molar-refractivity contribution in [3.63, 3.8) is 0 Å². The molecule has 0 spiro atoms. The molecule has 0 aliphatic rings. The van der Waals surface area contributed by atoms with Gasteiger partial charge in [-0.15, -0.1) is 11.3 Å². The summed E-state index contributed by atoms with van der Waals surface area (Å²) in [7, 11) is 5.38. The zero-order chi connectivity index (χ0) is 23.8. The summed E-state index contributed by atoms with van der Waals surface area (Å²) >= 11 is 1.58. The van der Waals surface area contributed by atoms with Crippen molar-refractivity contribution in [1.82, 2.24) is 29.6 Å². The quantitative estimate of drug-likeness (QED) is 0.399. The first-order chi connectivity index (χ1) is 16.5. The number of aryl methyl sites for hydroxylation is 3. The van der Waals surface area contributed by atoms with E-state index in [1.165, 1.54) is 0 Å². The highest BCUT2D eigenvalue weighted by Crippen LogP contribution is 2.30. The molecule has 4 heterocycles. The molecule has 0 saturated heterocycles. The van der Waals surface area contributed by atoms with Crippen molar-refractivity contribution in [2.75, 3.05) is 7.11 Å². The summed E-state index contributed by atoms with van der Waals surface area (Å²) in [5, 5.41) is 10.5. The third-order valence-electron chi connectivity index (χ3n) is 5.81. The minimum absolute atomic E-state index is 0.225. The van der Waals surface area contributed by atoms with Crippen molar-refractivity contribution in [3.8, 4) is 16.3 Å². The van der Waals surface area contributed by atoms with Crippen LogP contribution in [0.4, 0.5) is 0 Å². The number of aromatic nitrogens is 5. The number of fused-ring (bicyclic) bond motifs is 1. The number of carbonyl (C=O) groups excluding carboxylic acids is 1. The lowest BCUT2D eigenvalue weighted by Gasteiger charge is -2.20. The number of carbonyl (C=O) groups is 1. The Labute approximate surface area is 200 Å². The average Bonchev–Trinajstić information content (AvgIpc) is 3.58. The van der Waals surface area contributed by atoms with Crippen LogP contribution in [0.25, 0.3) is 21.6 Å². The largest absolute Gasteiger partial charge is 0.497 e. The number of benzene rings is 1. The second-order valence-corrected chi connectivity index (χ2v) is 8.97. The highest BCUT2D eigenvalue weighted by molar-refractivity contribution is 7.13. The third kappa shape index (κ3) is 3.84. The Bertz CT molecular complexity index is 1480. The van der Waals surface area contributed by atoms with E-state index in [2.05, 4.69) is 15.4 Å². The lowest BCUT2D eigenvalue weighted by molar-refractivity contribution is 0.0942. The predicted octanol–water partition coefficient (Wildman–Crippen LogP) is 4.27. The molecular formula is C25H24N6O2S. The fraction of sp³-hybridized carbons (Fsp3) is 0.200. The van der Waals surface area contributed by atoms with Crippen molar-refractivity contribution in [2.45, 2.75) is 13.0 Å². The van der Waals surface area contributed by atoms with Crippen molar-refractivity contribution < 1.29 is 9.53 Å². The molecule has 0 fully saturated rings. The first-order valence-electron chi connectivity index (χ1n) is 10.8.